The summed E-state index contributed by atoms with van der Waals surface area (Å²) in [7, 11) is 1.87. The topological polar surface area (TPSA) is 23.5 Å². The fourth-order valence-electron chi connectivity index (χ4n) is 1.73. The average Bonchev–Trinajstić information content (AvgIpc) is 2.34. The number of phenols is 1. The lowest BCUT2D eigenvalue weighted by atomic mass is 10.2. The van der Waals surface area contributed by atoms with Gasteiger partial charge < -0.3 is 10.0 Å². The van der Waals surface area contributed by atoms with Crippen LogP contribution in [0.5, 0.6) is 5.75 Å². The van der Waals surface area contributed by atoms with Crippen LogP contribution in [-0.2, 0) is 6.54 Å². The van der Waals surface area contributed by atoms with E-state index in [2.05, 4.69) is 0 Å². The van der Waals surface area contributed by atoms with Crippen molar-refractivity contribution in [2.24, 2.45) is 0 Å². The lowest BCUT2D eigenvalue weighted by molar-refractivity contribution is 0.475. The fraction of sp³-hybridized carbons (Fsp3) is 0.143. The Bertz CT molecular complexity index is 559. The second-order valence-electron chi connectivity index (χ2n) is 4.12. The number of halogens is 2. The molecular weight excluding hydrogens is 253 g/mol. The van der Waals surface area contributed by atoms with Crippen molar-refractivity contribution in [3.05, 3.63) is 58.9 Å². The summed E-state index contributed by atoms with van der Waals surface area (Å²) in [5.74, 6) is -0.197. The number of nitrogens with zero attached hydrogens (tertiary/aromatic N) is 1. The standard InChI is InChI=1S/C14H13ClFNO/c1-17(12-4-2-3-11(16)8-12)9-10-5-6-14(18)13(15)7-10/h2-8,18H,9H2,1H3. The van der Waals surface area contributed by atoms with Gasteiger partial charge in [-0.3, -0.25) is 0 Å². The molecule has 0 aliphatic carbocycles. The maximum Gasteiger partial charge on any atom is 0.134 e. The Morgan fingerprint density at radius 2 is 2.00 bits per heavy atom. The molecule has 0 amide bonds. The molecule has 0 atom stereocenters. The summed E-state index contributed by atoms with van der Waals surface area (Å²) >= 11 is 5.84. The number of hydrogen-bond donors (Lipinski definition) is 1. The quantitative estimate of drug-likeness (QED) is 0.912. The Labute approximate surface area is 110 Å². The molecule has 0 spiro atoms. The normalized spacial score (nSPS) is 10.4. The first-order valence-corrected chi connectivity index (χ1v) is 5.88. The van der Waals surface area contributed by atoms with Crippen LogP contribution in [0.1, 0.15) is 5.56 Å². The van der Waals surface area contributed by atoms with Gasteiger partial charge in [0.2, 0.25) is 0 Å². The first kappa shape index (κ1) is 12.7. The zero-order valence-electron chi connectivity index (χ0n) is 9.90. The maximum absolute atomic E-state index is 13.1. The van der Waals surface area contributed by atoms with E-state index in [9.17, 15) is 9.50 Å². The molecule has 0 radical (unpaired) electrons. The Morgan fingerprint density at radius 3 is 2.67 bits per heavy atom. The monoisotopic (exact) mass is 265 g/mol. The molecule has 0 saturated heterocycles. The van der Waals surface area contributed by atoms with Gasteiger partial charge in [0.05, 0.1) is 5.02 Å². The molecular formula is C14H13ClFNO. The van der Waals surface area contributed by atoms with E-state index in [0.717, 1.165) is 11.3 Å². The number of benzene rings is 2. The number of phenolic OH excluding ortho intramolecular Hbond substituents is 1. The van der Waals surface area contributed by atoms with Gasteiger partial charge in [0.15, 0.2) is 0 Å². The van der Waals surface area contributed by atoms with Gasteiger partial charge in [-0.1, -0.05) is 23.7 Å². The maximum atomic E-state index is 13.1. The summed E-state index contributed by atoms with van der Waals surface area (Å²) < 4.78 is 13.1. The highest BCUT2D eigenvalue weighted by molar-refractivity contribution is 6.32. The van der Waals surface area contributed by atoms with Crippen molar-refractivity contribution >= 4 is 17.3 Å². The summed E-state index contributed by atoms with van der Waals surface area (Å²) in [6, 6.07) is 11.4. The molecule has 0 saturated carbocycles. The van der Waals surface area contributed by atoms with Crippen LogP contribution < -0.4 is 4.90 Å². The van der Waals surface area contributed by atoms with Crippen LogP contribution in [0.4, 0.5) is 10.1 Å². The largest absolute Gasteiger partial charge is 0.506 e. The third-order valence-corrected chi connectivity index (χ3v) is 2.98. The van der Waals surface area contributed by atoms with Crippen molar-refractivity contribution in [1.29, 1.82) is 0 Å². The second kappa shape index (κ2) is 5.27. The molecule has 0 aliphatic heterocycles. The van der Waals surface area contributed by atoms with Crippen molar-refractivity contribution < 1.29 is 9.50 Å². The molecule has 0 fully saturated rings. The van der Waals surface area contributed by atoms with Crippen molar-refractivity contribution in [2.45, 2.75) is 6.54 Å². The Kier molecular flexibility index (Phi) is 3.72. The van der Waals surface area contributed by atoms with Gasteiger partial charge in [-0.15, -0.1) is 0 Å². The van der Waals surface area contributed by atoms with E-state index < -0.39 is 0 Å². The predicted molar refractivity (Wildman–Crippen MR) is 71.6 cm³/mol. The van der Waals surface area contributed by atoms with Gasteiger partial charge in [-0.2, -0.15) is 0 Å². The number of rotatable bonds is 3. The molecule has 0 aromatic heterocycles. The molecule has 0 heterocycles. The number of hydrogen-bond acceptors (Lipinski definition) is 2. The first-order valence-electron chi connectivity index (χ1n) is 5.50. The first-order chi connectivity index (χ1) is 8.56. The highest BCUT2D eigenvalue weighted by Gasteiger charge is 2.05. The van der Waals surface area contributed by atoms with Gasteiger partial charge in [0, 0.05) is 19.3 Å². The average molecular weight is 266 g/mol. The molecule has 2 aromatic rings. The van der Waals surface area contributed by atoms with E-state index in [1.807, 2.05) is 18.0 Å². The summed E-state index contributed by atoms with van der Waals surface area (Å²) in [6.07, 6.45) is 0. The lowest BCUT2D eigenvalue weighted by Crippen LogP contribution is -2.16. The van der Waals surface area contributed by atoms with Crippen LogP contribution in [0.2, 0.25) is 5.02 Å². The van der Waals surface area contributed by atoms with Crippen LogP contribution in [0, 0.1) is 5.82 Å². The van der Waals surface area contributed by atoms with Gasteiger partial charge in [0.25, 0.3) is 0 Å². The molecule has 2 aromatic carbocycles. The molecule has 0 bridgehead atoms. The Balaban J connectivity index is 2.16. The van der Waals surface area contributed by atoms with Gasteiger partial charge in [-0.25, -0.2) is 4.39 Å². The minimum atomic E-state index is -0.261. The molecule has 94 valence electrons. The number of aromatic hydroxyl groups is 1. The minimum absolute atomic E-state index is 0.0637. The van der Waals surface area contributed by atoms with Crippen molar-refractivity contribution in [3.63, 3.8) is 0 Å². The third-order valence-electron chi connectivity index (χ3n) is 2.68. The van der Waals surface area contributed by atoms with Crippen molar-refractivity contribution in [1.82, 2.24) is 0 Å². The van der Waals surface area contributed by atoms with Gasteiger partial charge in [0.1, 0.15) is 11.6 Å². The van der Waals surface area contributed by atoms with E-state index >= 15 is 0 Å². The van der Waals surface area contributed by atoms with Crippen molar-refractivity contribution in [2.75, 3.05) is 11.9 Å². The van der Waals surface area contributed by atoms with E-state index in [0.29, 0.717) is 11.6 Å². The minimum Gasteiger partial charge on any atom is -0.506 e. The van der Waals surface area contributed by atoms with Crippen LogP contribution in [0.3, 0.4) is 0 Å². The van der Waals surface area contributed by atoms with Crippen LogP contribution in [-0.4, -0.2) is 12.2 Å². The lowest BCUT2D eigenvalue weighted by Gasteiger charge is -2.19. The smallest absolute Gasteiger partial charge is 0.134 e. The van der Waals surface area contributed by atoms with Gasteiger partial charge >= 0.3 is 0 Å². The Morgan fingerprint density at radius 1 is 1.22 bits per heavy atom. The van der Waals surface area contributed by atoms with Crippen molar-refractivity contribution in [3.8, 4) is 5.75 Å². The third kappa shape index (κ3) is 2.93. The van der Waals surface area contributed by atoms with E-state index in [-0.39, 0.29) is 11.6 Å². The van der Waals surface area contributed by atoms with E-state index in [1.165, 1.54) is 12.1 Å². The molecule has 4 heteroatoms. The highest BCUT2D eigenvalue weighted by atomic mass is 35.5. The Hall–Kier alpha value is -1.74. The highest BCUT2D eigenvalue weighted by Crippen LogP contribution is 2.25. The summed E-state index contributed by atoms with van der Waals surface area (Å²) in [4.78, 5) is 1.91. The molecule has 0 unspecified atom stereocenters. The van der Waals surface area contributed by atoms with Crippen LogP contribution in [0.25, 0.3) is 0 Å². The molecule has 0 aliphatic rings. The van der Waals surface area contributed by atoms with E-state index in [1.54, 1.807) is 24.3 Å². The number of anilines is 1. The zero-order valence-corrected chi connectivity index (χ0v) is 10.7. The summed E-state index contributed by atoms with van der Waals surface area (Å²) in [5, 5.41) is 9.66. The summed E-state index contributed by atoms with van der Waals surface area (Å²) in [6.45, 7) is 0.587. The predicted octanol–water partition coefficient (Wildman–Crippen LogP) is 3.82. The van der Waals surface area contributed by atoms with Crippen LogP contribution >= 0.6 is 11.6 Å². The van der Waals surface area contributed by atoms with Gasteiger partial charge in [-0.05, 0) is 35.9 Å². The zero-order chi connectivity index (χ0) is 13.1. The van der Waals surface area contributed by atoms with Crippen LogP contribution in [0.15, 0.2) is 42.5 Å². The second-order valence-corrected chi connectivity index (χ2v) is 4.53. The molecule has 2 rings (SSSR count). The molecule has 2 nitrogen and oxygen atoms in total. The molecule has 18 heavy (non-hydrogen) atoms. The fourth-order valence-corrected chi connectivity index (χ4v) is 1.93. The molecule has 1 N–H and O–H groups in total. The van der Waals surface area contributed by atoms with E-state index in [4.69, 9.17) is 11.6 Å². The summed E-state index contributed by atoms with van der Waals surface area (Å²) in [5.41, 5.74) is 1.74. The SMILES string of the molecule is CN(Cc1ccc(O)c(Cl)c1)c1cccc(F)c1.